The van der Waals surface area contributed by atoms with Gasteiger partial charge in [-0.05, 0) is 55.7 Å². The molecule has 0 aliphatic heterocycles. The van der Waals surface area contributed by atoms with Crippen molar-refractivity contribution < 1.29 is 13.2 Å². The van der Waals surface area contributed by atoms with Crippen LogP contribution in [0.25, 0.3) is 0 Å². The predicted molar refractivity (Wildman–Crippen MR) is 96.8 cm³/mol. The summed E-state index contributed by atoms with van der Waals surface area (Å²) in [6.45, 7) is 6.47. The molecule has 5 heteroatoms. The van der Waals surface area contributed by atoms with E-state index in [4.69, 9.17) is 4.74 Å². The molecule has 0 aliphatic rings. The molecule has 1 N–H and O–H groups in total. The highest BCUT2D eigenvalue weighted by Gasteiger charge is 2.18. The van der Waals surface area contributed by atoms with E-state index in [1.54, 1.807) is 12.1 Å². The topological polar surface area (TPSA) is 55.4 Å². The Labute approximate surface area is 144 Å². The summed E-state index contributed by atoms with van der Waals surface area (Å²) in [7, 11) is -3.54. The minimum absolute atomic E-state index is 0.292. The average molecular weight is 347 g/mol. The summed E-state index contributed by atoms with van der Waals surface area (Å²) in [5.74, 6) is 0.780. The van der Waals surface area contributed by atoms with E-state index < -0.39 is 10.0 Å². The smallest absolute Gasteiger partial charge is 0.241 e. The Hall–Kier alpha value is -1.85. The van der Waals surface area contributed by atoms with E-state index in [2.05, 4.69) is 11.6 Å². The number of rotatable bonds is 8. The quantitative estimate of drug-likeness (QED) is 0.783. The van der Waals surface area contributed by atoms with Gasteiger partial charge >= 0.3 is 0 Å². The molecular weight excluding hydrogens is 322 g/mol. The summed E-state index contributed by atoms with van der Waals surface area (Å²) in [5, 5.41) is 0. The Morgan fingerprint density at radius 1 is 1.00 bits per heavy atom. The maximum Gasteiger partial charge on any atom is 0.241 e. The van der Waals surface area contributed by atoms with Gasteiger partial charge in [0.1, 0.15) is 5.75 Å². The van der Waals surface area contributed by atoms with Gasteiger partial charge in [-0.15, -0.1) is 0 Å². The molecule has 0 heterocycles. The largest absolute Gasteiger partial charge is 0.494 e. The third-order valence-electron chi connectivity index (χ3n) is 3.80. The number of hydrogen-bond donors (Lipinski definition) is 1. The summed E-state index contributed by atoms with van der Waals surface area (Å²) in [4.78, 5) is 0.292. The highest BCUT2D eigenvalue weighted by Crippen LogP contribution is 2.20. The molecule has 0 radical (unpaired) electrons. The van der Waals surface area contributed by atoms with Gasteiger partial charge in [0.05, 0.1) is 11.5 Å². The van der Waals surface area contributed by atoms with Crippen LogP contribution in [0.15, 0.2) is 53.4 Å². The third-order valence-corrected chi connectivity index (χ3v) is 5.35. The van der Waals surface area contributed by atoms with Gasteiger partial charge < -0.3 is 4.74 Å². The molecule has 0 bridgehead atoms. The lowest BCUT2D eigenvalue weighted by molar-refractivity contribution is 0.340. The minimum atomic E-state index is -3.54. The first-order valence-electron chi connectivity index (χ1n) is 8.30. The first-order valence-corrected chi connectivity index (χ1v) is 9.78. The maximum atomic E-state index is 12.5. The second kappa shape index (κ2) is 8.31. The molecule has 4 nitrogen and oxygen atoms in total. The summed E-state index contributed by atoms with van der Waals surface area (Å²) >= 11 is 0. The summed E-state index contributed by atoms with van der Waals surface area (Å²) < 4.78 is 33.2. The summed E-state index contributed by atoms with van der Waals surface area (Å²) in [6, 6.07) is 14.2. The van der Waals surface area contributed by atoms with Crippen molar-refractivity contribution in [1.82, 2.24) is 4.72 Å². The van der Waals surface area contributed by atoms with Crippen molar-refractivity contribution in [2.75, 3.05) is 6.61 Å². The number of nitrogens with one attached hydrogen (secondary N) is 1. The Bertz CT molecular complexity index is 737. The van der Waals surface area contributed by atoms with E-state index in [0.717, 1.165) is 29.7 Å². The summed E-state index contributed by atoms with van der Waals surface area (Å²) in [6.07, 6.45) is 2.00. The van der Waals surface area contributed by atoms with Crippen molar-refractivity contribution in [3.05, 3.63) is 59.7 Å². The van der Waals surface area contributed by atoms with E-state index >= 15 is 0 Å². The van der Waals surface area contributed by atoms with Crippen molar-refractivity contribution >= 4 is 10.0 Å². The summed E-state index contributed by atoms with van der Waals surface area (Å²) in [5.41, 5.74) is 2.04. The van der Waals surface area contributed by atoms with Crippen LogP contribution >= 0.6 is 0 Å². The molecule has 0 fully saturated rings. The normalized spacial score (nSPS) is 12.8. The van der Waals surface area contributed by atoms with Crippen LogP contribution in [0.4, 0.5) is 0 Å². The number of benzene rings is 2. The van der Waals surface area contributed by atoms with Crippen LogP contribution in [0.1, 0.15) is 44.4 Å². The van der Waals surface area contributed by atoms with Crippen molar-refractivity contribution in [2.45, 2.75) is 44.6 Å². The average Bonchev–Trinajstić information content (AvgIpc) is 2.56. The SMILES string of the molecule is CCCc1ccc(S(=O)(=O)NC(C)c2ccc(OCC)cc2)cc1. The van der Waals surface area contributed by atoms with Gasteiger partial charge in [-0.25, -0.2) is 13.1 Å². The zero-order valence-electron chi connectivity index (χ0n) is 14.5. The molecule has 0 aliphatic carbocycles. The van der Waals surface area contributed by atoms with Crippen LogP contribution < -0.4 is 9.46 Å². The Morgan fingerprint density at radius 3 is 2.17 bits per heavy atom. The molecule has 130 valence electrons. The van der Waals surface area contributed by atoms with Gasteiger partial charge in [0.25, 0.3) is 0 Å². The van der Waals surface area contributed by atoms with Gasteiger partial charge in [0.2, 0.25) is 10.0 Å². The molecule has 2 aromatic rings. The second-order valence-electron chi connectivity index (χ2n) is 5.74. The van der Waals surface area contributed by atoms with Crippen molar-refractivity contribution in [2.24, 2.45) is 0 Å². The first-order chi connectivity index (χ1) is 11.5. The van der Waals surface area contributed by atoms with Gasteiger partial charge in [-0.1, -0.05) is 37.6 Å². The molecule has 2 aromatic carbocycles. The fraction of sp³-hybridized carbons (Fsp3) is 0.368. The third kappa shape index (κ3) is 4.82. The molecule has 2 rings (SSSR count). The van der Waals surface area contributed by atoms with Crippen molar-refractivity contribution in [3.8, 4) is 5.75 Å². The molecule has 0 aromatic heterocycles. The number of hydrogen-bond acceptors (Lipinski definition) is 3. The van der Waals surface area contributed by atoms with Crippen molar-refractivity contribution in [1.29, 1.82) is 0 Å². The van der Waals surface area contributed by atoms with Crippen LogP contribution in [-0.2, 0) is 16.4 Å². The zero-order chi connectivity index (χ0) is 17.6. The van der Waals surface area contributed by atoms with Gasteiger partial charge in [0, 0.05) is 6.04 Å². The molecular formula is C19H25NO3S. The second-order valence-corrected chi connectivity index (χ2v) is 7.45. The molecule has 0 saturated carbocycles. The fourth-order valence-corrected chi connectivity index (χ4v) is 3.74. The zero-order valence-corrected chi connectivity index (χ0v) is 15.3. The van der Waals surface area contributed by atoms with E-state index in [0.29, 0.717) is 11.5 Å². The molecule has 1 unspecified atom stereocenters. The fourth-order valence-electron chi connectivity index (χ4n) is 2.51. The lowest BCUT2D eigenvalue weighted by Gasteiger charge is -2.15. The minimum Gasteiger partial charge on any atom is -0.494 e. The van der Waals surface area contributed by atoms with E-state index in [9.17, 15) is 8.42 Å². The standard InChI is InChI=1S/C19H25NO3S/c1-4-6-16-7-13-19(14-8-16)24(21,22)20-15(3)17-9-11-18(12-10-17)23-5-2/h7-15,20H,4-6H2,1-3H3. The Balaban J connectivity index is 2.09. The lowest BCUT2D eigenvalue weighted by atomic mass is 10.1. The molecule has 1 atom stereocenters. The van der Waals surface area contributed by atoms with Crippen LogP contribution in [0.5, 0.6) is 5.75 Å². The van der Waals surface area contributed by atoms with E-state index in [1.807, 2.05) is 50.2 Å². The number of ether oxygens (including phenoxy) is 1. The molecule has 0 spiro atoms. The van der Waals surface area contributed by atoms with Gasteiger partial charge in [-0.2, -0.15) is 0 Å². The lowest BCUT2D eigenvalue weighted by Crippen LogP contribution is -2.26. The molecule has 0 saturated heterocycles. The van der Waals surface area contributed by atoms with Gasteiger partial charge in [-0.3, -0.25) is 0 Å². The van der Waals surface area contributed by atoms with E-state index in [1.165, 1.54) is 0 Å². The monoisotopic (exact) mass is 347 g/mol. The van der Waals surface area contributed by atoms with Crippen LogP contribution in [0.3, 0.4) is 0 Å². The highest BCUT2D eigenvalue weighted by molar-refractivity contribution is 7.89. The molecule has 24 heavy (non-hydrogen) atoms. The maximum absolute atomic E-state index is 12.5. The Kier molecular flexibility index (Phi) is 6.40. The van der Waals surface area contributed by atoms with Crippen LogP contribution in [0, 0.1) is 0 Å². The number of sulfonamides is 1. The van der Waals surface area contributed by atoms with Crippen LogP contribution in [-0.4, -0.2) is 15.0 Å². The van der Waals surface area contributed by atoms with Crippen molar-refractivity contribution in [3.63, 3.8) is 0 Å². The molecule has 0 amide bonds. The highest BCUT2D eigenvalue weighted by atomic mass is 32.2. The van der Waals surface area contributed by atoms with Gasteiger partial charge in [0.15, 0.2) is 0 Å². The van der Waals surface area contributed by atoms with Crippen LogP contribution in [0.2, 0.25) is 0 Å². The van der Waals surface area contributed by atoms with E-state index in [-0.39, 0.29) is 6.04 Å². The predicted octanol–water partition coefficient (Wildman–Crippen LogP) is 4.08. The Morgan fingerprint density at radius 2 is 1.62 bits per heavy atom. The number of aryl methyl sites for hydroxylation is 1. The first kappa shape index (κ1) is 18.5.